The summed E-state index contributed by atoms with van der Waals surface area (Å²) in [6.07, 6.45) is 37.8. The molecule has 2 rings (SSSR count). The number of unbranched alkanes of at least 4 members (excludes halogenated alkanes) is 13. The molecule has 402 valence electrons. The van der Waals surface area contributed by atoms with Crippen LogP contribution < -0.4 is 0 Å². The first-order chi connectivity index (χ1) is 34.1. The van der Waals surface area contributed by atoms with Crippen LogP contribution in [-0.2, 0) is 33.2 Å². The minimum absolute atomic E-state index is 0.0410. The van der Waals surface area contributed by atoms with Crippen molar-refractivity contribution in [2.45, 2.75) is 229 Å². The largest absolute Gasteiger partial charge is 0.457 e. The lowest BCUT2D eigenvalue weighted by Gasteiger charge is -2.42. The third-order valence-electron chi connectivity index (χ3n) is 12.1. The molecule has 2 fully saturated rings. The Labute approximate surface area is 420 Å². The molecule has 0 spiro atoms. The topological polar surface area (TPSA) is 214 Å². The molecule has 11 unspecified atom stereocenters. The van der Waals surface area contributed by atoms with Crippen LogP contribution in [0.1, 0.15) is 162 Å². The molecule has 0 aromatic heterocycles. The lowest BCUT2D eigenvalue weighted by atomic mass is 9.98. The van der Waals surface area contributed by atoms with E-state index in [0.29, 0.717) is 13.0 Å². The van der Waals surface area contributed by atoms with E-state index >= 15 is 0 Å². The second-order valence-corrected chi connectivity index (χ2v) is 18.3. The normalized spacial score (nSPS) is 26.2. The van der Waals surface area contributed by atoms with Gasteiger partial charge in [0.05, 0.1) is 26.4 Å². The smallest absolute Gasteiger partial charge is 0.306 e. The number of hydrogen-bond acceptors (Lipinski definition) is 14. The Kier molecular flexibility index (Phi) is 38.6. The average Bonchev–Trinajstić information content (AvgIpc) is 3.36. The Hall–Kier alpha value is -2.83. The van der Waals surface area contributed by atoms with Gasteiger partial charge in [0.1, 0.15) is 54.9 Å². The molecule has 0 aliphatic carbocycles. The van der Waals surface area contributed by atoms with Crippen LogP contribution in [0.4, 0.5) is 0 Å². The van der Waals surface area contributed by atoms with Gasteiger partial charge in [0.25, 0.3) is 0 Å². The molecule has 70 heavy (non-hydrogen) atoms. The highest BCUT2D eigenvalue weighted by molar-refractivity contribution is 5.69. The van der Waals surface area contributed by atoms with E-state index in [0.717, 1.165) is 109 Å². The van der Waals surface area contributed by atoms with Crippen LogP contribution in [0.2, 0.25) is 0 Å². The van der Waals surface area contributed by atoms with E-state index in [1.54, 1.807) is 0 Å². The van der Waals surface area contributed by atoms with Gasteiger partial charge in [-0.1, -0.05) is 157 Å². The van der Waals surface area contributed by atoms with Crippen LogP contribution in [-0.4, -0.2) is 142 Å². The summed E-state index contributed by atoms with van der Waals surface area (Å²) < 4.78 is 34.3. The van der Waals surface area contributed by atoms with E-state index in [1.807, 2.05) is 0 Å². The minimum atomic E-state index is -1.72. The van der Waals surface area contributed by atoms with E-state index < -0.39 is 86.7 Å². The van der Waals surface area contributed by atoms with E-state index in [2.05, 4.69) is 98.9 Å². The predicted octanol–water partition coefficient (Wildman–Crippen LogP) is 8.46. The minimum Gasteiger partial charge on any atom is -0.457 e. The first-order valence-electron chi connectivity index (χ1n) is 26.7. The molecule has 0 amide bonds. The predicted molar refractivity (Wildman–Crippen MR) is 275 cm³/mol. The molecule has 0 saturated carbocycles. The van der Waals surface area contributed by atoms with Crippen LogP contribution in [0.5, 0.6) is 0 Å². The fourth-order valence-electron chi connectivity index (χ4n) is 7.80. The SMILES string of the molecule is CC/C=C\C/C=C\C/C=C\C/C=C\C/C=C\CCCCCCCC(=O)OC(COCCCCCCCC/C=C\C/C=C\CCCC)COC1OC(COC2OC(CO)C(O)C(O)C2O)C(O)C(O)C1O. The number of carbonyl (C=O) groups is 1. The Bertz CT molecular complexity index is 1480. The highest BCUT2D eigenvalue weighted by Crippen LogP contribution is 2.26. The van der Waals surface area contributed by atoms with Crippen LogP contribution in [0.15, 0.2) is 85.1 Å². The summed E-state index contributed by atoms with van der Waals surface area (Å²) in [7, 11) is 0. The summed E-state index contributed by atoms with van der Waals surface area (Å²) in [5.41, 5.74) is 0. The molecule has 2 aliphatic heterocycles. The molecule has 14 nitrogen and oxygen atoms in total. The Morgan fingerprint density at radius 3 is 1.46 bits per heavy atom. The molecule has 14 heteroatoms. The van der Waals surface area contributed by atoms with Gasteiger partial charge in [0.2, 0.25) is 0 Å². The highest BCUT2D eigenvalue weighted by atomic mass is 16.7. The maximum Gasteiger partial charge on any atom is 0.306 e. The van der Waals surface area contributed by atoms with Gasteiger partial charge in [-0.3, -0.25) is 4.79 Å². The van der Waals surface area contributed by atoms with Crippen LogP contribution in [0.25, 0.3) is 0 Å². The molecule has 11 atom stereocenters. The van der Waals surface area contributed by atoms with E-state index in [1.165, 1.54) is 25.7 Å². The van der Waals surface area contributed by atoms with Gasteiger partial charge >= 0.3 is 5.97 Å². The van der Waals surface area contributed by atoms with Crippen molar-refractivity contribution < 1.29 is 69.0 Å². The lowest BCUT2D eigenvalue weighted by Crippen LogP contribution is -2.61. The van der Waals surface area contributed by atoms with E-state index in [-0.39, 0.29) is 19.6 Å². The van der Waals surface area contributed by atoms with Gasteiger partial charge in [-0.2, -0.15) is 0 Å². The third-order valence-corrected chi connectivity index (χ3v) is 12.1. The number of allylic oxidation sites excluding steroid dienone is 14. The zero-order valence-corrected chi connectivity index (χ0v) is 42.7. The van der Waals surface area contributed by atoms with Crippen molar-refractivity contribution in [3.63, 3.8) is 0 Å². The van der Waals surface area contributed by atoms with Crippen LogP contribution in [0.3, 0.4) is 0 Å². The van der Waals surface area contributed by atoms with Crippen molar-refractivity contribution in [2.24, 2.45) is 0 Å². The van der Waals surface area contributed by atoms with Gasteiger partial charge < -0.3 is 64.2 Å². The van der Waals surface area contributed by atoms with Crippen molar-refractivity contribution in [3.05, 3.63) is 85.1 Å². The standard InChI is InChI=1S/C56H94O14/c1-3-5-7-9-11-13-15-17-19-20-21-22-23-24-25-27-29-31-33-35-37-39-48(58)68-45(42-65-40-38-36-34-32-30-28-26-18-16-14-12-10-8-6-4-2)43-66-55-54(64)52(62)50(60)47(70-55)44-67-56-53(63)51(61)49(59)46(41-57)69-56/h5,7,10-13,16-19,21-22,24-25,45-47,49-57,59-64H,3-4,6,8-9,14-15,20,23,26-44H2,1-2H3/b7-5-,12-10-,13-11-,18-16-,19-17-,22-21-,25-24-. The fourth-order valence-corrected chi connectivity index (χ4v) is 7.80. The van der Waals surface area contributed by atoms with Crippen molar-refractivity contribution >= 4 is 5.97 Å². The first-order valence-corrected chi connectivity index (χ1v) is 26.7. The molecule has 0 bridgehead atoms. The summed E-state index contributed by atoms with van der Waals surface area (Å²) in [5, 5.41) is 72.2. The van der Waals surface area contributed by atoms with Crippen LogP contribution >= 0.6 is 0 Å². The number of aliphatic hydroxyl groups excluding tert-OH is 7. The quantitative estimate of drug-likeness (QED) is 0.0174. The van der Waals surface area contributed by atoms with Crippen molar-refractivity contribution in [3.8, 4) is 0 Å². The fraction of sp³-hybridized carbons (Fsp3) is 0.732. The number of esters is 1. The number of aliphatic hydroxyl groups is 7. The number of hydrogen-bond donors (Lipinski definition) is 7. The summed E-state index contributed by atoms with van der Waals surface area (Å²) in [6.45, 7) is 3.46. The number of ether oxygens (including phenoxy) is 6. The second kappa shape index (κ2) is 42.7. The molecule has 7 N–H and O–H groups in total. The number of carbonyl (C=O) groups excluding carboxylic acids is 1. The van der Waals surface area contributed by atoms with E-state index in [4.69, 9.17) is 28.4 Å². The molecule has 2 aliphatic rings. The third kappa shape index (κ3) is 29.6. The lowest BCUT2D eigenvalue weighted by molar-refractivity contribution is -0.332. The molecular weight excluding hydrogens is 897 g/mol. The van der Waals surface area contributed by atoms with Crippen molar-refractivity contribution in [1.29, 1.82) is 0 Å². The van der Waals surface area contributed by atoms with Crippen LogP contribution in [0, 0.1) is 0 Å². The molecule has 0 radical (unpaired) electrons. The number of rotatable bonds is 41. The summed E-state index contributed by atoms with van der Waals surface area (Å²) in [5.74, 6) is -0.402. The van der Waals surface area contributed by atoms with Gasteiger partial charge in [0.15, 0.2) is 12.6 Å². The Morgan fingerprint density at radius 2 is 0.929 bits per heavy atom. The molecule has 0 aromatic rings. The Balaban J connectivity index is 1.77. The molecule has 2 saturated heterocycles. The average molecular weight is 991 g/mol. The first kappa shape index (κ1) is 63.3. The summed E-state index contributed by atoms with van der Waals surface area (Å²) in [4.78, 5) is 13.0. The zero-order valence-electron chi connectivity index (χ0n) is 42.7. The van der Waals surface area contributed by atoms with Gasteiger partial charge in [-0.15, -0.1) is 0 Å². The summed E-state index contributed by atoms with van der Waals surface area (Å²) in [6, 6.07) is 0. The van der Waals surface area contributed by atoms with Crippen molar-refractivity contribution in [2.75, 3.05) is 33.0 Å². The monoisotopic (exact) mass is 991 g/mol. The zero-order chi connectivity index (χ0) is 50.9. The maximum atomic E-state index is 13.0. The van der Waals surface area contributed by atoms with Crippen molar-refractivity contribution in [1.82, 2.24) is 0 Å². The van der Waals surface area contributed by atoms with E-state index in [9.17, 15) is 40.5 Å². The van der Waals surface area contributed by atoms with Gasteiger partial charge in [-0.05, 0) is 83.5 Å². The van der Waals surface area contributed by atoms with Gasteiger partial charge in [0, 0.05) is 13.0 Å². The highest BCUT2D eigenvalue weighted by Gasteiger charge is 2.47. The molecule has 2 heterocycles. The Morgan fingerprint density at radius 1 is 0.486 bits per heavy atom. The summed E-state index contributed by atoms with van der Waals surface area (Å²) >= 11 is 0. The molecular formula is C56H94O14. The maximum absolute atomic E-state index is 13.0. The van der Waals surface area contributed by atoms with Gasteiger partial charge in [-0.25, -0.2) is 0 Å². The molecule has 0 aromatic carbocycles. The second-order valence-electron chi connectivity index (χ2n) is 18.3.